The van der Waals surface area contributed by atoms with Crippen LogP contribution >= 0.6 is 11.8 Å². The van der Waals surface area contributed by atoms with Gasteiger partial charge in [0.15, 0.2) is 0 Å². The molecule has 1 heterocycles. The van der Waals surface area contributed by atoms with Crippen LogP contribution in [0.2, 0.25) is 0 Å². The number of carbonyl (C=O) groups is 1. The number of thioether (sulfide) groups is 1. The highest BCUT2D eigenvalue weighted by Crippen LogP contribution is 2.44. The number of hydrogen-bond donors (Lipinski definition) is 0. The highest BCUT2D eigenvalue weighted by atomic mass is 32.2. The maximum absolute atomic E-state index is 12.5. The van der Waals surface area contributed by atoms with Gasteiger partial charge in [0.2, 0.25) is 5.91 Å². The lowest BCUT2D eigenvalue weighted by Gasteiger charge is -2.29. The second-order valence-corrected chi connectivity index (χ2v) is 7.03. The van der Waals surface area contributed by atoms with Crippen molar-refractivity contribution in [1.29, 1.82) is 0 Å². The average Bonchev–Trinajstić information content (AvgIpc) is 2.96. The molecule has 2 nitrogen and oxygen atoms in total. The van der Waals surface area contributed by atoms with Crippen LogP contribution in [0.3, 0.4) is 0 Å². The van der Waals surface area contributed by atoms with Gasteiger partial charge in [0, 0.05) is 5.69 Å². The molecule has 2 aromatic rings. The minimum absolute atomic E-state index is 0.113. The molecule has 0 spiro atoms. The minimum atomic E-state index is 0.113. The molecule has 0 bridgehead atoms. The summed E-state index contributed by atoms with van der Waals surface area (Å²) in [5, 5.41) is 0.113. The molecule has 112 valence electrons. The Morgan fingerprint density at radius 3 is 2.64 bits per heavy atom. The molecule has 0 saturated carbocycles. The summed E-state index contributed by atoms with van der Waals surface area (Å²) in [7, 11) is 0. The normalized spacial score (nSPS) is 21.0. The maximum Gasteiger partial charge on any atom is 0.238 e. The minimum Gasteiger partial charge on any atom is -0.295 e. The molecule has 3 heteroatoms. The Morgan fingerprint density at radius 1 is 0.955 bits per heavy atom. The van der Waals surface area contributed by atoms with Gasteiger partial charge in [-0.05, 0) is 48.4 Å². The number of benzene rings is 2. The number of hydrogen-bond acceptors (Lipinski definition) is 2. The quantitative estimate of drug-likeness (QED) is 0.822. The Morgan fingerprint density at radius 2 is 1.77 bits per heavy atom. The molecule has 1 aliphatic carbocycles. The average molecular weight is 309 g/mol. The van der Waals surface area contributed by atoms with E-state index >= 15 is 0 Å². The van der Waals surface area contributed by atoms with Crippen molar-refractivity contribution in [1.82, 2.24) is 0 Å². The zero-order chi connectivity index (χ0) is 14.9. The van der Waals surface area contributed by atoms with Crippen molar-refractivity contribution < 1.29 is 4.79 Å². The summed E-state index contributed by atoms with van der Waals surface area (Å²) >= 11 is 1.73. The van der Waals surface area contributed by atoms with Crippen LogP contribution in [0.1, 0.15) is 34.9 Å². The van der Waals surface area contributed by atoms with Gasteiger partial charge in [0.25, 0.3) is 0 Å². The summed E-state index contributed by atoms with van der Waals surface area (Å²) in [5.41, 5.74) is 5.18. The zero-order valence-corrected chi connectivity index (χ0v) is 13.3. The van der Waals surface area contributed by atoms with E-state index in [0.717, 1.165) is 18.5 Å². The van der Waals surface area contributed by atoms with E-state index in [1.54, 1.807) is 11.8 Å². The Bertz CT molecular complexity index is 698. The summed E-state index contributed by atoms with van der Waals surface area (Å²) in [6, 6.07) is 16.8. The summed E-state index contributed by atoms with van der Waals surface area (Å²) in [6.45, 7) is 0. The van der Waals surface area contributed by atoms with Crippen molar-refractivity contribution in [3.8, 4) is 0 Å². The number of rotatable bonds is 2. The fourth-order valence-corrected chi connectivity index (χ4v) is 4.70. The molecule has 2 aliphatic rings. The third-order valence-corrected chi connectivity index (χ3v) is 5.80. The van der Waals surface area contributed by atoms with Crippen LogP contribution in [0.4, 0.5) is 5.69 Å². The number of aryl methyl sites for hydroxylation is 1. The summed E-state index contributed by atoms with van der Waals surface area (Å²) < 4.78 is 0. The molecule has 0 N–H and O–H groups in total. The predicted molar refractivity (Wildman–Crippen MR) is 92.2 cm³/mol. The largest absolute Gasteiger partial charge is 0.295 e. The van der Waals surface area contributed by atoms with Gasteiger partial charge in [-0.3, -0.25) is 9.69 Å². The van der Waals surface area contributed by atoms with Crippen molar-refractivity contribution in [2.75, 3.05) is 10.7 Å². The van der Waals surface area contributed by atoms with Crippen LogP contribution < -0.4 is 4.90 Å². The van der Waals surface area contributed by atoms with Crippen molar-refractivity contribution in [2.24, 2.45) is 0 Å². The van der Waals surface area contributed by atoms with Crippen molar-refractivity contribution in [3.63, 3.8) is 0 Å². The van der Waals surface area contributed by atoms with E-state index in [1.807, 2.05) is 11.0 Å². The molecule has 1 amide bonds. The highest BCUT2D eigenvalue weighted by Gasteiger charge is 2.35. The lowest BCUT2D eigenvalue weighted by molar-refractivity contribution is -0.115. The number of nitrogens with zero attached hydrogens (tertiary/aromatic N) is 1. The monoisotopic (exact) mass is 309 g/mol. The number of anilines is 1. The molecule has 4 rings (SSSR count). The van der Waals surface area contributed by atoms with Crippen LogP contribution in [-0.2, 0) is 17.6 Å². The first-order valence-electron chi connectivity index (χ1n) is 7.94. The molecule has 1 atom stereocenters. The molecular formula is C19H19NOS. The maximum atomic E-state index is 12.5. The van der Waals surface area contributed by atoms with E-state index in [2.05, 4.69) is 42.5 Å². The van der Waals surface area contributed by atoms with E-state index in [1.165, 1.54) is 29.5 Å². The Labute approximate surface area is 135 Å². The molecule has 1 aliphatic heterocycles. The first-order valence-corrected chi connectivity index (χ1v) is 8.99. The van der Waals surface area contributed by atoms with E-state index in [0.29, 0.717) is 5.75 Å². The molecule has 2 aromatic carbocycles. The standard InChI is InChI=1S/C19H19NOS/c21-18-13-22-19(15-8-2-1-3-9-15)20(18)17-12-6-10-14-7-4-5-11-16(14)17/h1-3,6,8-10,12,19H,4-5,7,11,13H2. The topological polar surface area (TPSA) is 20.3 Å². The van der Waals surface area contributed by atoms with Crippen molar-refractivity contribution in [3.05, 3.63) is 65.2 Å². The van der Waals surface area contributed by atoms with Gasteiger partial charge in [-0.15, -0.1) is 11.8 Å². The van der Waals surface area contributed by atoms with Crippen molar-refractivity contribution >= 4 is 23.4 Å². The summed E-state index contributed by atoms with van der Waals surface area (Å²) in [6.07, 6.45) is 4.74. The first-order chi connectivity index (χ1) is 10.8. The lowest BCUT2D eigenvalue weighted by atomic mass is 9.90. The van der Waals surface area contributed by atoms with E-state index in [9.17, 15) is 4.79 Å². The van der Waals surface area contributed by atoms with Gasteiger partial charge in [-0.1, -0.05) is 42.5 Å². The molecule has 1 fully saturated rings. The van der Waals surface area contributed by atoms with Crippen LogP contribution in [-0.4, -0.2) is 11.7 Å². The third-order valence-electron chi connectivity index (χ3n) is 4.58. The molecule has 0 aromatic heterocycles. The van der Waals surface area contributed by atoms with Gasteiger partial charge < -0.3 is 0 Å². The lowest BCUT2D eigenvalue weighted by Crippen LogP contribution is -2.29. The van der Waals surface area contributed by atoms with E-state index in [-0.39, 0.29) is 11.3 Å². The number of amides is 1. The zero-order valence-electron chi connectivity index (χ0n) is 12.5. The fraction of sp³-hybridized carbons (Fsp3) is 0.316. The third kappa shape index (κ3) is 2.34. The van der Waals surface area contributed by atoms with Crippen LogP contribution in [0.5, 0.6) is 0 Å². The fourth-order valence-electron chi connectivity index (χ4n) is 3.54. The summed E-state index contributed by atoms with van der Waals surface area (Å²) in [5.74, 6) is 0.807. The highest BCUT2D eigenvalue weighted by molar-refractivity contribution is 8.00. The molecule has 1 unspecified atom stereocenters. The molecule has 1 saturated heterocycles. The second-order valence-electron chi connectivity index (χ2n) is 5.96. The molecule has 0 radical (unpaired) electrons. The first kappa shape index (κ1) is 13.9. The summed E-state index contributed by atoms with van der Waals surface area (Å²) in [4.78, 5) is 14.6. The van der Waals surface area contributed by atoms with E-state index in [4.69, 9.17) is 0 Å². The van der Waals surface area contributed by atoms with Gasteiger partial charge in [0.05, 0.1) is 5.75 Å². The Kier molecular flexibility index (Phi) is 3.67. The van der Waals surface area contributed by atoms with Crippen LogP contribution in [0.25, 0.3) is 0 Å². The molecule has 22 heavy (non-hydrogen) atoms. The Balaban J connectivity index is 1.78. The smallest absolute Gasteiger partial charge is 0.238 e. The SMILES string of the molecule is O=C1CSC(c2ccccc2)N1c1cccc2c1CCCC2. The van der Waals surface area contributed by atoms with Crippen LogP contribution in [0, 0.1) is 0 Å². The Hall–Kier alpha value is -1.74. The number of fused-ring (bicyclic) bond motifs is 1. The van der Waals surface area contributed by atoms with E-state index < -0.39 is 0 Å². The second kappa shape index (κ2) is 5.81. The van der Waals surface area contributed by atoms with Gasteiger partial charge in [-0.2, -0.15) is 0 Å². The van der Waals surface area contributed by atoms with Crippen molar-refractivity contribution in [2.45, 2.75) is 31.1 Å². The van der Waals surface area contributed by atoms with Crippen LogP contribution in [0.15, 0.2) is 48.5 Å². The number of carbonyl (C=O) groups excluding carboxylic acids is 1. The van der Waals surface area contributed by atoms with Gasteiger partial charge in [-0.25, -0.2) is 0 Å². The molecular weight excluding hydrogens is 290 g/mol. The predicted octanol–water partition coefficient (Wildman–Crippen LogP) is 4.34. The van der Waals surface area contributed by atoms with Gasteiger partial charge >= 0.3 is 0 Å². The van der Waals surface area contributed by atoms with Gasteiger partial charge in [0.1, 0.15) is 5.37 Å².